The second-order valence-electron chi connectivity index (χ2n) is 4.76. The van der Waals surface area contributed by atoms with Crippen molar-refractivity contribution in [2.75, 3.05) is 14.2 Å². The normalized spacial score (nSPS) is 13.4. The molecule has 0 radical (unpaired) electrons. The molecule has 0 amide bonds. The smallest absolute Gasteiger partial charge is 0.133 e. The fraction of sp³-hybridized carbons (Fsp3) is 0.600. The zero-order valence-electron chi connectivity index (χ0n) is 12.2. The average Bonchev–Trinajstić information content (AvgIpc) is 2.41. The van der Waals surface area contributed by atoms with Gasteiger partial charge in [-0.05, 0) is 52.9 Å². The summed E-state index contributed by atoms with van der Waals surface area (Å²) in [4.78, 5) is 0. The van der Waals surface area contributed by atoms with Gasteiger partial charge in [0.05, 0.1) is 17.2 Å². The van der Waals surface area contributed by atoms with E-state index in [9.17, 15) is 0 Å². The molecule has 0 aliphatic rings. The summed E-state index contributed by atoms with van der Waals surface area (Å²) in [5.41, 5.74) is 7.31. The van der Waals surface area contributed by atoms with E-state index in [2.05, 4.69) is 41.9 Å². The first kappa shape index (κ1) is 16.5. The van der Waals surface area contributed by atoms with Gasteiger partial charge in [-0.15, -0.1) is 0 Å². The SMILES string of the molecule is CCC(CC)(OC)C(N)Cc1ccc(OC)c(Br)c1. The van der Waals surface area contributed by atoms with Crippen molar-refractivity contribution in [1.82, 2.24) is 0 Å². The molecular weight excluding hydrogens is 306 g/mol. The van der Waals surface area contributed by atoms with E-state index in [0.717, 1.165) is 29.5 Å². The molecule has 1 aromatic carbocycles. The molecule has 3 nitrogen and oxygen atoms in total. The molecule has 1 unspecified atom stereocenters. The summed E-state index contributed by atoms with van der Waals surface area (Å²) in [6.07, 6.45) is 2.62. The summed E-state index contributed by atoms with van der Waals surface area (Å²) in [6.45, 7) is 4.24. The quantitative estimate of drug-likeness (QED) is 0.832. The molecule has 0 aliphatic heterocycles. The Bertz CT molecular complexity index is 397. The molecule has 0 aliphatic carbocycles. The lowest BCUT2D eigenvalue weighted by molar-refractivity contribution is -0.0374. The molecule has 1 atom stereocenters. The Labute approximate surface area is 124 Å². The van der Waals surface area contributed by atoms with Crippen LogP contribution in [0.15, 0.2) is 22.7 Å². The number of benzene rings is 1. The van der Waals surface area contributed by atoms with Gasteiger partial charge in [-0.2, -0.15) is 0 Å². The Morgan fingerprint density at radius 3 is 2.32 bits per heavy atom. The maximum Gasteiger partial charge on any atom is 0.133 e. The fourth-order valence-corrected chi connectivity index (χ4v) is 3.08. The monoisotopic (exact) mass is 329 g/mol. The minimum Gasteiger partial charge on any atom is -0.496 e. The fourth-order valence-electron chi connectivity index (χ4n) is 2.49. The Kier molecular flexibility index (Phi) is 6.30. The molecule has 0 saturated heterocycles. The van der Waals surface area contributed by atoms with E-state index in [1.807, 2.05) is 6.07 Å². The van der Waals surface area contributed by atoms with E-state index in [0.29, 0.717) is 0 Å². The molecular formula is C15H24BrNO2. The zero-order valence-corrected chi connectivity index (χ0v) is 13.8. The van der Waals surface area contributed by atoms with Gasteiger partial charge in [0.15, 0.2) is 0 Å². The van der Waals surface area contributed by atoms with Gasteiger partial charge < -0.3 is 15.2 Å². The minimum atomic E-state index is -0.244. The van der Waals surface area contributed by atoms with Crippen molar-refractivity contribution >= 4 is 15.9 Å². The lowest BCUT2D eigenvalue weighted by Crippen LogP contribution is -2.50. The third kappa shape index (κ3) is 3.71. The number of hydrogen-bond acceptors (Lipinski definition) is 3. The largest absolute Gasteiger partial charge is 0.496 e. The van der Waals surface area contributed by atoms with Gasteiger partial charge in [0, 0.05) is 13.2 Å². The molecule has 0 aromatic heterocycles. The number of rotatable bonds is 7. The molecule has 0 bridgehead atoms. The van der Waals surface area contributed by atoms with Gasteiger partial charge >= 0.3 is 0 Å². The summed E-state index contributed by atoms with van der Waals surface area (Å²) in [7, 11) is 3.41. The minimum absolute atomic E-state index is 0.0206. The Morgan fingerprint density at radius 2 is 1.89 bits per heavy atom. The van der Waals surface area contributed by atoms with Crippen molar-refractivity contribution in [3.05, 3.63) is 28.2 Å². The molecule has 1 rings (SSSR count). The maximum absolute atomic E-state index is 6.37. The molecule has 4 heteroatoms. The first-order valence-corrected chi connectivity index (χ1v) is 7.45. The number of nitrogens with two attached hydrogens (primary N) is 1. The lowest BCUT2D eigenvalue weighted by atomic mass is 9.85. The van der Waals surface area contributed by atoms with Crippen LogP contribution >= 0.6 is 15.9 Å². The molecule has 0 fully saturated rings. The van der Waals surface area contributed by atoms with Gasteiger partial charge in [-0.25, -0.2) is 0 Å². The van der Waals surface area contributed by atoms with Gasteiger partial charge in [-0.3, -0.25) is 0 Å². The van der Waals surface area contributed by atoms with Crippen LogP contribution in [0.1, 0.15) is 32.3 Å². The molecule has 108 valence electrons. The molecule has 19 heavy (non-hydrogen) atoms. The van der Waals surface area contributed by atoms with Crippen LogP contribution in [0.5, 0.6) is 5.75 Å². The van der Waals surface area contributed by atoms with Crippen LogP contribution in [-0.2, 0) is 11.2 Å². The van der Waals surface area contributed by atoms with Crippen LogP contribution in [-0.4, -0.2) is 25.9 Å². The average molecular weight is 330 g/mol. The second-order valence-corrected chi connectivity index (χ2v) is 5.61. The van der Waals surface area contributed by atoms with Gasteiger partial charge in [0.25, 0.3) is 0 Å². The van der Waals surface area contributed by atoms with E-state index < -0.39 is 0 Å². The van der Waals surface area contributed by atoms with Crippen LogP contribution in [0.2, 0.25) is 0 Å². The van der Waals surface area contributed by atoms with Crippen LogP contribution in [0.4, 0.5) is 0 Å². The Morgan fingerprint density at radius 1 is 1.26 bits per heavy atom. The molecule has 2 N–H and O–H groups in total. The van der Waals surface area contributed by atoms with Crippen molar-refractivity contribution in [3.63, 3.8) is 0 Å². The summed E-state index contributed by atoms with van der Waals surface area (Å²) >= 11 is 3.50. The summed E-state index contributed by atoms with van der Waals surface area (Å²) in [5.74, 6) is 0.835. The lowest BCUT2D eigenvalue weighted by Gasteiger charge is -2.36. The first-order valence-electron chi connectivity index (χ1n) is 6.66. The van der Waals surface area contributed by atoms with Crippen LogP contribution < -0.4 is 10.5 Å². The Balaban J connectivity index is 2.86. The Hall–Kier alpha value is -0.580. The van der Waals surface area contributed by atoms with Gasteiger partial charge in [0.2, 0.25) is 0 Å². The summed E-state index contributed by atoms with van der Waals surface area (Å²) in [6, 6.07) is 6.05. The molecule has 0 saturated carbocycles. The maximum atomic E-state index is 6.37. The standard InChI is InChI=1S/C15H24BrNO2/c1-5-15(6-2,19-4)14(17)10-11-7-8-13(18-3)12(16)9-11/h7-9,14H,5-6,10,17H2,1-4H3. The van der Waals surface area contributed by atoms with E-state index >= 15 is 0 Å². The van der Waals surface area contributed by atoms with E-state index in [4.69, 9.17) is 15.2 Å². The highest BCUT2D eigenvalue weighted by Gasteiger charge is 2.33. The third-order valence-electron chi connectivity index (χ3n) is 3.95. The van der Waals surface area contributed by atoms with Crippen LogP contribution in [0.25, 0.3) is 0 Å². The first-order chi connectivity index (χ1) is 9.02. The molecule has 1 aromatic rings. The number of hydrogen-bond donors (Lipinski definition) is 1. The van der Waals surface area contributed by atoms with Crippen LogP contribution in [0, 0.1) is 0 Å². The van der Waals surface area contributed by atoms with Crippen molar-refractivity contribution in [1.29, 1.82) is 0 Å². The number of halogens is 1. The predicted octanol–water partition coefficient (Wildman–Crippen LogP) is 3.53. The van der Waals surface area contributed by atoms with E-state index in [1.54, 1.807) is 14.2 Å². The highest BCUT2D eigenvalue weighted by atomic mass is 79.9. The van der Waals surface area contributed by atoms with E-state index in [-0.39, 0.29) is 11.6 Å². The van der Waals surface area contributed by atoms with Crippen molar-refractivity contribution in [2.24, 2.45) is 5.73 Å². The van der Waals surface area contributed by atoms with Crippen LogP contribution in [0.3, 0.4) is 0 Å². The van der Waals surface area contributed by atoms with Crippen molar-refractivity contribution < 1.29 is 9.47 Å². The number of ether oxygens (including phenoxy) is 2. The highest BCUT2D eigenvalue weighted by Crippen LogP contribution is 2.29. The van der Waals surface area contributed by atoms with Crippen molar-refractivity contribution in [3.8, 4) is 5.75 Å². The predicted molar refractivity (Wildman–Crippen MR) is 82.7 cm³/mol. The second kappa shape index (κ2) is 7.27. The number of methoxy groups -OCH3 is 2. The van der Waals surface area contributed by atoms with Gasteiger partial charge in [-0.1, -0.05) is 19.9 Å². The molecule has 0 heterocycles. The highest BCUT2D eigenvalue weighted by molar-refractivity contribution is 9.10. The van der Waals surface area contributed by atoms with Gasteiger partial charge in [0.1, 0.15) is 5.75 Å². The zero-order chi connectivity index (χ0) is 14.5. The van der Waals surface area contributed by atoms with Crippen molar-refractivity contribution in [2.45, 2.75) is 44.8 Å². The van der Waals surface area contributed by atoms with E-state index in [1.165, 1.54) is 5.56 Å². The summed E-state index contributed by atoms with van der Waals surface area (Å²) in [5, 5.41) is 0. The third-order valence-corrected chi connectivity index (χ3v) is 4.57. The summed E-state index contributed by atoms with van der Waals surface area (Å²) < 4.78 is 11.9. The topological polar surface area (TPSA) is 44.5 Å². The molecule has 0 spiro atoms.